The van der Waals surface area contributed by atoms with Gasteiger partial charge in [0.15, 0.2) is 0 Å². The Kier molecular flexibility index (Phi) is 5.31. The molecule has 3 rings (SSSR count). The van der Waals surface area contributed by atoms with Gasteiger partial charge in [-0.15, -0.1) is 0 Å². The molecule has 0 amide bonds. The highest BCUT2D eigenvalue weighted by atomic mass is 32.2. The quantitative estimate of drug-likeness (QED) is 0.824. The summed E-state index contributed by atoms with van der Waals surface area (Å²) in [6, 6.07) is 4.13. The van der Waals surface area contributed by atoms with Crippen LogP contribution in [0.5, 0.6) is 0 Å². The molecular weight excluding hydrogens is 314 g/mol. The summed E-state index contributed by atoms with van der Waals surface area (Å²) in [4.78, 5) is 6.60. The number of sulfonamides is 1. The summed E-state index contributed by atoms with van der Waals surface area (Å²) >= 11 is 0. The van der Waals surface area contributed by atoms with Crippen LogP contribution in [0.1, 0.15) is 18.4 Å². The van der Waals surface area contributed by atoms with Gasteiger partial charge < -0.3 is 4.74 Å². The van der Waals surface area contributed by atoms with Crippen LogP contribution >= 0.6 is 0 Å². The van der Waals surface area contributed by atoms with Crippen molar-refractivity contribution in [3.05, 3.63) is 30.1 Å². The molecule has 1 aromatic heterocycles. The molecule has 0 radical (unpaired) electrons. The highest BCUT2D eigenvalue weighted by Crippen LogP contribution is 2.25. The average molecular weight is 339 g/mol. The van der Waals surface area contributed by atoms with Crippen molar-refractivity contribution >= 4 is 10.0 Å². The number of pyridine rings is 1. The zero-order valence-electron chi connectivity index (χ0n) is 13.5. The second kappa shape index (κ2) is 7.25. The Morgan fingerprint density at radius 1 is 1.43 bits per heavy atom. The van der Waals surface area contributed by atoms with Crippen molar-refractivity contribution < 1.29 is 13.2 Å². The van der Waals surface area contributed by atoms with Crippen LogP contribution in [-0.2, 0) is 21.2 Å². The van der Waals surface area contributed by atoms with Gasteiger partial charge in [0.25, 0.3) is 0 Å². The van der Waals surface area contributed by atoms with E-state index in [9.17, 15) is 8.42 Å². The second-order valence-corrected chi connectivity index (χ2v) is 8.42. The van der Waals surface area contributed by atoms with Crippen LogP contribution in [0.3, 0.4) is 0 Å². The molecule has 0 spiro atoms. The molecule has 1 N–H and O–H groups in total. The van der Waals surface area contributed by atoms with E-state index in [0.29, 0.717) is 5.92 Å². The number of aromatic nitrogens is 1. The fourth-order valence-electron chi connectivity index (χ4n) is 3.65. The minimum Gasteiger partial charge on any atom is -0.381 e. The molecule has 7 heteroatoms. The molecule has 0 saturated carbocycles. The molecule has 2 fully saturated rings. The molecule has 1 unspecified atom stereocenters. The Balaban J connectivity index is 1.72. The van der Waals surface area contributed by atoms with Gasteiger partial charge in [0.05, 0.1) is 12.9 Å². The molecule has 1 aromatic rings. The summed E-state index contributed by atoms with van der Waals surface area (Å²) in [7, 11) is -3.20. The zero-order valence-corrected chi connectivity index (χ0v) is 14.3. The van der Waals surface area contributed by atoms with Gasteiger partial charge in [-0.3, -0.25) is 9.88 Å². The topological polar surface area (TPSA) is 71.5 Å². The van der Waals surface area contributed by atoms with Crippen molar-refractivity contribution in [3.8, 4) is 0 Å². The number of hydrogen-bond acceptors (Lipinski definition) is 5. The maximum atomic E-state index is 11.7. The Morgan fingerprint density at radius 3 is 2.96 bits per heavy atom. The standard InChI is InChI=1S/C16H25N3O3S/c1-23(20,21)18-15-4-7-19(11-14-5-8-22-12-14)16(15)9-13-3-2-6-17-10-13/h2-3,6,10,14-16,18H,4-5,7-9,11-12H2,1H3/t14?,15-,16+/m1/s1. The first-order chi connectivity index (χ1) is 11.0. The number of hydrogen-bond donors (Lipinski definition) is 1. The van der Waals surface area contributed by atoms with E-state index in [4.69, 9.17) is 4.74 Å². The van der Waals surface area contributed by atoms with Crippen LogP contribution in [0.4, 0.5) is 0 Å². The number of likely N-dealkylation sites (tertiary alicyclic amines) is 1. The van der Waals surface area contributed by atoms with Crippen LogP contribution in [-0.4, -0.2) is 62.9 Å². The largest absolute Gasteiger partial charge is 0.381 e. The molecule has 0 aromatic carbocycles. The van der Waals surface area contributed by atoms with Gasteiger partial charge in [-0.25, -0.2) is 13.1 Å². The van der Waals surface area contributed by atoms with Gasteiger partial charge in [0.1, 0.15) is 0 Å². The first-order valence-electron chi connectivity index (χ1n) is 8.19. The summed E-state index contributed by atoms with van der Waals surface area (Å²) in [5.74, 6) is 0.559. The Bertz CT molecular complexity index is 602. The lowest BCUT2D eigenvalue weighted by molar-refractivity contribution is 0.159. The molecule has 0 aliphatic carbocycles. The van der Waals surface area contributed by atoms with E-state index in [1.54, 1.807) is 6.20 Å². The highest BCUT2D eigenvalue weighted by molar-refractivity contribution is 7.88. The van der Waals surface area contributed by atoms with Gasteiger partial charge >= 0.3 is 0 Å². The summed E-state index contributed by atoms with van der Waals surface area (Å²) in [5.41, 5.74) is 1.15. The second-order valence-electron chi connectivity index (χ2n) is 6.64. The van der Waals surface area contributed by atoms with Crippen LogP contribution in [0, 0.1) is 5.92 Å². The third kappa shape index (κ3) is 4.73. The molecular formula is C16H25N3O3S. The Morgan fingerprint density at radius 2 is 2.30 bits per heavy atom. The molecule has 2 aliphatic heterocycles. The summed E-state index contributed by atoms with van der Waals surface area (Å²) < 4.78 is 31.7. The first kappa shape index (κ1) is 16.8. The smallest absolute Gasteiger partial charge is 0.209 e. The van der Waals surface area contributed by atoms with E-state index < -0.39 is 10.0 Å². The van der Waals surface area contributed by atoms with Gasteiger partial charge in [-0.05, 0) is 36.8 Å². The molecule has 3 atom stereocenters. The number of nitrogens with one attached hydrogen (secondary N) is 1. The van der Waals surface area contributed by atoms with Crippen LogP contribution < -0.4 is 4.72 Å². The molecule has 0 bridgehead atoms. The number of rotatable bonds is 6. The first-order valence-corrected chi connectivity index (χ1v) is 10.1. The van der Waals surface area contributed by atoms with Crippen molar-refractivity contribution in [2.24, 2.45) is 5.92 Å². The molecule has 128 valence electrons. The average Bonchev–Trinajstić information content (AvgIpc) is 3.12. The lowest BCUT2D eigenvalue weighted by Crippen LogP contribution is -2.47. The van der Waals surface area contributed by atoms with E-state index in [1.807, 2.05) is 12.3 Å². The van der Waals surface area contributed by atoms with E-state index in [-0.39, 0.29) is 12.1 Å². The summed E-state index contributed by atoms with van der Waals surface area (Å²) in [5, 5.41) is 0. The molecule has 3 heterocycles. The van der Waals surface area contributed by atoms with Crippen molar-refractivity contribution in [1.29, 1.82) is 0 Å². The third-order valence-electron chi connectivity index (χ3n) is 4.71. The lowest BCUT2D eigenvalue weighted by Gasteiger charge is -2.30. The molecule has 6 nitrogen and oxygen atoms in total. The van der Waals surface area contributed by atoms with Crippen LogP contribution in [0.25, 0.3) is 0 Å². The van der Waals surface area contributed by atoms with E-state index in [1.165, 1.54) is 6.26 Å². The van der Waals surface area contributed by atoms with Crippen molar-refractivity contribution in [2.45, 2.75) is 31.3 Å². The normalized spacial score (nSPS) is 29.2. The Labute approximate surface area is 138 Å². The maximum Gasteiger partial charge on any atom is 0.209 e. The SMILES string of the molecule is CS(=O)(=O)N[C@@H]1CCN(CC2CCOC2)[C@H]1Cc1cccnc1. The minimum atomic E-state index is -3.20. The maximum absolute atomic E-state index is 11.7. The predicted molar refractivity (Wildman–Crippen MR) is 88.6 cm³/mol. The van der Waals surface area contributed by atoms with Gasteiger partial charge in [-0.2, -0.15) is 0 Å². The fraction of sp³-hybridized carbons (Fsp3) is 0.688. The van der Waals surface area contributed by atoms with E-state index >= 15 is 0 Å². The Hall–Kier alpha value is -1.02. The minimum absolute atomic E-state index is 0.0347. The lowest BCUT2D eigenvalue weighted by atomic mass is 10.0. The summed E-state index contributed by atoms with van der Waals surface area (Å²) in [6.07, 6.45) is 7.63. The number of nitrogens with zero attached hydrogens (tertiary/aromatic N) is 2. The zero-order chi connectivity index (χ0) is 16.3. The molecule has 2 aliphatic rings. The van der Waals surface area contributed by atoms with Crippen LogP contribution in [0.15, 0.2) is 24.5 Å². The van der Waals surface area contributed by atoms with Crippen molar-refractivity contribution in [1.82, 2.24) is 14.6 Å². The van der Waals surface area contributed by atoms with E-state index in [0.717, 1.165) is 51.1 Å². The van der Waals surface area contributed by atoms with Crippen LogP contribution in [0.2, 0.25) is 0 Å². The monoisotopic (exact) mass is 339 g/mol. The molecule has 23 heavy (non-hydrogen) atoms. The van der Waals surface area contributed by atoms with Crippen molar-refractivity contribution in [3.63, 3.8) is 0 Å². The third-order valence-corrected chi connectivity index (χ3v) is 5.44. The van der Waals surface area contributed by atoms with Crippen molar-refractivity contribution in [2.75, 3.05) is 32.6 Å². The van der Waals surface area contributed by atoms with E-state index in [2.05, 4.69) is 20.7 Å². The predicted octanol–water partition coefficient (Wildman–Crippen LogP) is 0.653. The van der Waals surface area contributed by atoms with Gasteiger partial charge in [-0.1, -0.05) is 6.07 Å². The van der Waals surface area contributed by atoms with Gasteiger partial charge in [0, 0.05) is 44.2 Å². The fourth-order valence-corrected chi connectivity index (χ4v) is 4.47. The number of ether oxygens (including phenoxy) is 1. The van der Waals surface area contributed by atoms with Gasteiger partial charge in [0.2, 0.25) is 10.0 Å². The highest BCUT2D eigenvalue weighted by Gasteiger charge is 2.37. The molecule has 2 saturated heterocycles. The summed E-state index contributed by atoms with van der Waals surface area (Å²) in [6.45, 7) is 3.57.